The summed E-state index contributed by atoms with van der Waals surface area (Å²) in [5.74, 6) is 0.195. The summed E-state index contributed by atoms with van der Waals surface area (Å²) in [7, 11) is 0. The van der Waals surface area contributed by atoms with Crippen LogP contribution in [0.15, 0.2) is 18.2 Å². The van der Waals surface area contributed by atoms with Crippen molar-refractivity contribution >= 4 is 0 Å². The minimum absolute atomic E-state index is 0.0737. The molecule has 64 valence electrons. The van der Waals surface area contributed by atoms with Crippen molar-refractivity contribution in [3.8, 4) is 0 Å². The van der Waals surface area contributed by atoms with E-state index in [9.17, 15) is 4.39 Å². The first-order valence-corrected chi connectivity index (χ1v) is 4.20. The van der Waals surface area contributed by atoms with Crippen LogP contribution in [-0.4, -0.2) is 6.04 Å². The summed E-state index contributed by atoms with van der Waals surface area (Å²) >= 11 is 0. The van der Waals surface area contributed by atoms with Gasteiger partial charge < -0.3 is 5.73 Å². The molecule has 2 heteroatoms. The summed E-state index contributed by atoms with van der Waals surface area (Å²) in [6.45, 7) is 1.78. The molecule has 0 spiro atoms. The number of nitrogens with two attached hydrogens (primary N) is 1. The highest BCUT2D eigenvalue weighted by Gasteiger charge is 2.36. The van der Waals surface area contributed by atoms with Gasteiger partial charge in [0.05, 0.1) is 0 Å². The average Bonchev–Trinajstić information content (AvgIpc) is 2.73. The predicted molar refractivity (Wildman–Crippen MR) is 46.5 cm³/mol. The summed E-state index contributed by atoms with van der Waals surface area (Å²) < 4.78 is 13.4. The van der Waals surface area contributed by atoms with E-state index in [0.717, 1.165) is 12.0 Å². The van der Waals surface area contributed by atoms with Gasteiger partial charge in [-0.3, -0.25) is 0 Å². The zero-order valence-corrected chi connectivity index (χ0v) is 7.05. The second kappa shape index (κ2) is 2.56. The van der Waals surface area contributed by atoms with Crippen LogP contribution < -0.4 is 5.73 Å². The molecule has 0 bridgehead atoms. The maximum Gasteiger partial charge on any atom is 0.129 e. The molecule has 0 aliphatic heterocycles. The van der Waals surface area contributed by atoms with E-state index in [1.54, 1.807) is 13.0 Å². The molecule has 0 aromatic heterocycles. The van der Waals surface area contributed by atoms with Gasteiger partial charge in [0.25, 0.3) is 0 Å². The highest BCUT2D eigenvalue weighted by Crippen LogP contribution is 2.40. The Hall–Kier alpha value is -0.890. The van der Waals surface area contributed by atoms with Crippen molar-refractivity contribution in [3.05, 3.63) is 35.1 Å². The van der Waals surface area contributed by atoms with Crippen molar-refractivity contribution in [2.24, 2.45) is 5.73 Å². The summed E-state index contributed by atoms with van der Waals surface area (Å²) in [5.41, 5.74) is 7.16. The van der Waals surface area contributed by atoms with Crippen LogP contribution in [0.4, 0.5) is 4.39 Å². The van der Waals surface area contributed by atoms with Gasteiger partial charge in [0.1, 0.15) is 5.82 Å². The fourth-order valence-electron chi connectivity index (χ4n) is 1.53. The first kappa shape index (κ1) is 7.74. The van der Waals surface area contributed by atoms with Gasteiger partial charge in [-0.1, -0.05) is 18.2 Å². The fraction of sp³-hybridized carbons (Fsp3) is 0.400. The van der Waals surface area contributed by atoms with E-state index < -0.39 is 0 Å². The summed E-state index contributed by atoms with van der Waals surface area (Å²) in [4.78, 5) is 0. The quantitative estimate of drug-likeness (QED) is 0.676. The summed E-state index contributed by atoms with van der Waals surface area (Å²) in [6, 6.07) is 5.69. The smallest absolute Gasteiger partial charge is 0.129 e. The van der Waals surface area contributed by atoms with Crippen molar-refractivity contribution in [1.29, 1.82) is 0 Å². The first-order valence-electron chi connectivity index (χ1n) is 4.20. The lowest BCUT2D eigenvalue weighted by Crippen LogP contribution is -2.02. The van der Waals surface area contributed by atoms with E-state index in [1.165, 1.54) is 0 Å². The number of benzene rings is 1. The summed E-state index contributed by atoms with van der Waals surface area (Å²) in [6.07, 6.45) is 0.931. The molecule has 0 radical (unpaired) electrons. The highest BCUT2D eigenvalue weighted by atomic mass is 19.1. The largest absolute Gasteiger partial charge is 0.327 e. The number of halogens is 1. The average molecular weight is 165 g/mol. The summed E-state index contributed by atoms with van der Waals surface area (Å²) in [5, 5.41) is 0. The van der Waals surface area contributed by atoms with E-state index >= 15 is 0 Å². The van der Waals surface area contributed by atoms with Crippen LogP contribution in [0.1, 0.15) is 23.5 Å². The van der Waals surface area contributed by atoms with Gasteiger partial charge in [-0.05, 0) is 24.5 Å². The molecular weight excluding hydrogens is 153 g/mol. The Kier molecular flexibility index (Phi) is 1.65. The standard InChI is InChI=1S/C10H12FN/c1-6-3-2-4-7(10(6)11)8-5-9(8)12/h2-4,8-9H,5,12H2,1H3/t8-,9+/m0/s1. The van der Waals surface area contributed by atoms with E-state index in [0.29, 0.717) is 5.56 Å². The van der Waals surface area contributed by atoms with Crippen LogP contribution in [0.2, 0.25) is 0 Å². The van der Waals surface area contributed by atoms with Gasteiger partial charge in [-0.2, -0.15) is 0 Å². The normalized spacial score (nSPS) is 27.2. The molecule has 2 rings (SSSR count). The number of rotatable bonds is 1. The molecule has 0 heterocycles. The van der Waals surface area contributed by atoms with Crippen molar-refractivity contribution in [2.45, 2.75) is 25.3 Å². The van der Waals surface area contributed by atoms with E-state index in [1.807, 2.05) is 12.1 Å². The van der Waals surface area contributed by atoms with Gasteiger partial charge >= 0.3 is 0 Å². The maximum absolute atomic E-state index is 13.4. The highest BCUT2D eigenvalue weighted by molar-refractivity contribution is 5.32. The maximum atomic E-state index is 13.4. The Balaban J connectivity index is 2.38. The number of aryl methyl sites for hydroxylation is 1. The third-order valence-electron chi connectivity index (χ3n) is 2.46. The minimum Gasteiger partial charge on any atom is -0.327 e. The molecule has 2 atom stereocenters. The lowest BCUT2D eigenvalue weighted by atomic mass is 10.1. The molecule has 1 aliphatic rings. The van der Waals surface area contributed by atoms with Gasteiger partial charge in [0.2, 0.25) is 0 Å². The molecule has 1 saturated carbocycles. The Bertz CT molecular complexity index is 309. The SMILES string of the molecule is Cc1cccc([C@@H]2C[C@H]2N)c1F. The Morgan fingerprint density at radius 2 is 2.17 bits per heavy atom. The Labute approximate surface area is 71.4 Å². The van der Waals surface area contributed by atoms with E-state index in [4.69, 9.17) is 5.73 Å². The topological polar surface area (TPSA) is 26.0 Å². The van der Waals surface area contributed by atoms with Crippen molar-refractivity contribution < 1.29 is 4.39 Å². The molecule has 0 amide bonds. The molecule has 12 heavy (non-hydrogen) atoms. The van der Waals surface area contributed by atoms with Gasteiger partial charge in [-0.25, -0.2) is 4.39 Å². The van der Waals surface area contributed by atoms with Gasteiger partial charge in [0.15, 0.2) is 0 Å². The molecule has 1 fully saturated rings. The second-order valence-electron chi connectivity index (χ2n) is 3.48. The fourth-order valence-corrected chi connectivity index (χ4v) is 1.53. The second-order valence-corrected chi connectivity index (χ2v) is 3.48. The van der Waals surface area contributed by atoms with Crippen LogP contribution in [0.3, 0.4) is 0 Å². The molecular formula is C10H12FN. The lowest BCUT2D eigenvalue weighted by Gasteiger charge is -2.02. The Morgan fingerprint density at radius 1 is 1.50 bits per heavy atom. The van der Waals surface area contributed by atoms with Gasteiger partial charge in [-0.15, -0.1) is 0 Å². The third-order valence-corrected chi connectivity index (χ3v) is 2.46. The number of hydrogen-bond donors (Lipinski definition) is 1. The molecule has 2 N–H and O–H groups in total. The minimum atomic E-state index is -0.0737. The molecule has 0 unspecified atom stereocenters. The lowest BCUT2D eigenvalue weighted by molar-refractivity contribution is 0.600. The monoisotopic (exact) mass is 165 g/mol. The molecule has 1 nitrogen and oxygen atoms in total. The predicted octanol–water partition coefficient (Wildman–Crippen LogP) is 1.95. The zero-order valence-electron chi connectivity index (χ0n) is 7.05. The van der Waals surface area contributed by atoms with E-state index in [2.05, 4.69) is 0 Å². The molecule has 0 saturated heterocycles. The Morgan fingerprint density at radius 3 is 2.75 bits per heavy atom. The number of hydrogen-bond acceptors (Lipinski definition) is 1. The molecule has 1 aliphatic carbocycles. The van der Waals surface area contributed by atoms with Crippen LogP contribution in [0, 0.1) is 12.7 Å². The van der Waals surface area contributed by atoms with Gasteiger partial charge in [0, 0.05) is 12.0 Å². The third kappa shape index (κ3) is 1.12. The zero-order chi connectivity index (χ0) is 8.72. The van der Waals surface area contributed by atoms with Crippen molar-refractivity contribution in [2.75, 3.05) is 0 Å². The van der Waals surface area contributed by atoms with E-state index in [-0.39, 0.29) is 17.8 Å². The molecule has 1 aromatic rings. The van der Waals surface area contributed by atoms with Crippen molar-refractivity contribution in [3.63, 3.8) is 0 Å². The van der Waals surface area contributed by atoms with Crippen LogP contribution >= 0.6 is 0 Å². The van der Waals surface area contributed by atoms with Crippen molar-refractivity contribution in [1.82, 2.24) is 0 Å². The van der Waals surface area contributed by atoms with Crippen LogP contribution in [-0.2, 0) is 0 Å². The molecule has 1 aromatic carbocycles. The van der Waals surface area contributed by atoms with Crippen LogP contribution in [0.25, 0.3) is 0 Å². The van der Waals surface area contributed by atoms with Crippen LogP contribution in [0.5, 0.6) is 0 Å². The first-order chi connectivity index (χ1) is 5.70.